The number of amides is 1. The lowest BCUT2D eigenvalue weighted by molar-refractivity contribution is 0.0946. The molecule has 5 nitrogen and oxygen atoms in total. The fraction of sp³-hybridized carbons (Fsp3) is 0.222. The molecule has 6 heteroatoms. The molecule has 0 fully saturated rings. The maximum absolute atomic E-state index is 11.5. The molecule has 0 unspecified atom stereocenters. The van der Waals surface area contributed by atoms with Crippen LogP contribution >= 0.6 is 15.9 Å². The van der Waals surface area contributed by atoms with E-state index in [9.17, 15) is 4.79 Å². The number of nitrogens with zero attached hydrogens (tertiary/aromatic N) is 2. The summed E-state index contributed by atoms with van der Waals surface area (Å²) in [7, 11) is 0. The van der Waals surface area contributed by atoms with Crippen molar-refractivity contribution in [3.05, 3.63) is 22.6 Å². The van der Waals surface area contributed by atoms with Crippen LogP contribution in [0.5, 0.6) is 0 Å². The fourth-order valence-corrected chi connectivity index (χ4v) is 1.56. The number of fused-ring (bicyclic) bond motifs is 1. The van der Waals surface area contributed by atoms with Crippen LogP contribution in [-0.4, -0.2) is 27.4 Å². The van der Waals surface area contributed by atoms with Crippen molar-refractivity contribution in [1.29, 1.82) is 0 Å². The highest BCUT2D eigenvalue weighted by molar-refractivity contribution is 9.10. The number of carbonyl (C=O) groups excluding carboxylic acids is 1. The summed E-state index contributed by atoms with van der Waals surface area (Å²) in [5, 5.41) is 2.67. The van der Waals surface area contributed by atoms with Crippen LogP contribution in [-0.2, 0) is 0 Å². The molecule has 2 N–H and O–H groups in total. The first-order valence-electron chi connectivity index (χ1n) is 4.50. The number of carbonyl (C=O) groups is 1. The zero-order chi connectivity index (χ0) is 10.8. The molecule has 0 bridgehead atoms. The number of nitrogens with one attached hydrogen (secondary N) is 2. The Morgan fingerprint density at radius 2 is 2.47 bits per heavy atom. The van der Waals surface area contributed by atoms with Crippen LogP contribution in [0, 0.1) is 0 Å². The number of rotatable bonds is 2. The Bertz CT molecular complexity index is 508. The summed E-state index contributed by atoms with van der Waals surface area (Å²) in [5.74, 6) is 0.0732. The van der Waals surface area contributed by atoms with Gasteiger partial charge in [0.05, 0.1) is 5.52 Å². The summed E-state index contributed by atoms with van der Waals surface area (Å²) in [6.07, 6.45) is 1.64. The third kappa shape index (κ3) is 1.99. The zero-order valence-electron chi connectivity index (χ0n) is 8.04. The van der Waals surface area contributed by atoms with E-state index in [0.717, 1.165) is 9.99 Å². The molecule has 0 spiro atoms. The lowest BCUT2D eigenvalue weighted by atomic mass is 10.4. The summed E-state index contributed by atoms with van der Waals surface area (Å²) < 4.78 is 0.848. The molecule has 15 heavy (non-hydrogen) atoms. The largest absolute Gasteiger partial charge is 0.350 e. The minimum atomic E-state index is -0.216. The minimum absolute atomic E-state index is 0.216. The number of hydrogen-bond donors (Lipinski definition) is 2. The monoisotopic (exact) mass is 268 g/mol. The Morgan fingerprint density at radius 3 is 3.20 bits per heavy atom. The van der Waals surface area contributed by atoms with Crippen LogP contribution in [0.25, 0.3) is 11.2 Å². The van der Waals surface area contributed by atoms with E-state index < -0.39 is 0 Å². The van der Waals surface area contributed by atoms with Crippen molar-refractivity contribution >= 4 is 33.0 Å². The van der Waals surface area contributed by atoms with Crippen molar-refractivity contribution in [3.63, 3.8) is 0 Å². The van der Waals surface area contributed by atoms with Gasteiger partial charge >= 0.3 is 0 Å². The summed E-state index contributed by atoms with van der Waals surface area (Å²) in [5.41, 5.74) is 1.28. The normalized spacial score (nSPS) is 10.5. The molecule has 0 aliphatic rings. The molecule has 0 aliphatic carbocycles. The molecular weight excluding hydrogens is 260 g/mol. The standard InChI is InChI=1S/C9H9BrN4O/c1-2-11-9(15)8-13-6-3-5(10)4-12-7(6)14-8/h3-4H,2H2,1H3,(H,11,15)(H,12,13,14). The molecule has 0 aromatic carbocycles. The van der Waals surface area contributed by atoms with E-state index in [1.54, 1.807) is 6.20 Å². The molecular formula is C9H9BrN4O. The van der Waals surface area contributed by atoms with Gasteiger partial charge in [-0.3, -0.25) is 4.79 Å². The minimum Gasteiger partial charge on any atom is -0.350 e. The van der Waals surface area contributed by atoms with Crippen molar-refractivity contribution < 1.29 is 4.79 Å². The first-order valence-corrected chi connectivity index (χ1v) is 5.29. The number of aromatic amines is 1. The van der Waals surface area contributed by atoms with Crippen LogP contribution in [0.2, 0.25) is 0 Å². The number of halogens is 1. The number of H-pyrrole nitrogens is 1. The van der Waals surface area contributed by atoms with Gasteiger partial charge in [-0.25, -0.2) is 9.97 Å². The van der Waals surface area contributed by atoms with Crippen LogP contribution in [0.4, 0.5) is 0 Å². The lowest BCUT2D eigenvalue weighted by Crippen LogP contribution is -2.23. The van der Waals surface area contributed by atoms with E-state index >= 15 is 0 Å². The lowest BCUT2D eigenvalue weighted by Gasteiger charge is -1.95. The SMILES string of the molecule is CCNC(=O)c1nc2ncc(Br)cc2[nH]1. The van der Waals surface area contributed by atoms with Crippen molar-refractivity contribution in [3.8, 4) is 0 Å². The summed E-state index contributed by atoms with van der Waals surface area (Å²) in [4.78, 5) is 22.5. The molecule has 0 aliphatic heterocycles. The van der Waals surface area contributed by atoms with Gasteiger partial charge in [-0.05, 0) is 28.9 Å². The summed E-state index contributed by atoms with van der Waals surface area (Å²) in [6.45, 7) is 2.43. The third-order valence-corrected chi connectivity index (χ3v) is 2.29. The van der Waals surface area contributed by atoms with Gasteiger partial charge < -0.3 is 10.3 Å². The van der Waals surface area contributed by atoms with E-state index in [1.165, 1.54) is 0 Å². The molecule has 2 rings (SSSR count). The van der Waals surface area contributed by atoms with Gasteiger partial charge in [0.2, 0.25) is 0 Å². The van der Waals surface area contributed by atoms with E-state index in [2.05, 4.69) is 36.2 Å². The Labute approximate surface area is 94.4 Å². The Balaban J connectivity index is 2.42. The number of imidazole rings is 1. The molecule has 0 atom stereocenters. The predicted molar refractivity (Wildman–Crippen MR) is 59.6 cm³/mol. The second kappa shape index (κ2) is 3.98. The average Bonchev–Trinajstić information content (AvgIpc) is 2.60. The fourth-order valence-electron chi connectivity index (χ4n) is 1.23. The Kier molecular flexibility index (Phi) is 2.68. The molecule has 0 saturated heterocycles. The molecule has 2 heterocycles. The average molecular weight is 269 g/mol. The van der Waals surface area contributed by atoms with Crippen molar-refractivity contribution in [1.82, 2.24) is 20.3 Å². The topological polar surface area (TPSA) is 70.7 Å². The predicted octanol–water partition coefficient (Wildman–Crippen LogP) is 1.47. The Morgan fingerprint density at radius 1 is 1.67 bits per heavy atom. The maximum atomic E-state index is 11.5. The molecule has 2 aromatic rings. The van der Waals surface area contributed by atoms with E-state index in [1.807, 2.05) is 13.0 Å². The van der Waals surface area contributed by atoms with Crippen LogP contribution in [0.1, 0.15) is 17.5 Å². The highest BCUT2D eigenvalue weighted by Crippen LogP contribution is 2.14. The van der Waals surface area contributed by atoms with Crippen molar-refractivity contribution in [2.75, 3.05) is 6.54 Å². The molecule has 1 amide bonds. The molecule has 0 radical (unpaired) electrons. The van der Waals surface area contributed by atoms with Crippen LogP contribution in [0.3, 0.4) is 0 Å². The smallest absolute Gasteiger partial charge is 0.287 e. The van der Waals surface area contributed by atoms with Crippen molar-refractivity contribution in [2.24, 2.45) is 0 Å². The third-order valence-electron chi connectivity index (χ3n) is 1.86. The van der Waals surface area contributed by atoms with E-state index in [0.29, 0.717) is 12.2 Å². The summed E-state index contributed by atoms with van der Waals surface area (Å²) >= 11 is 3.30. The quantitative estimate of drug-likeness (QED) is 0.867. The van der Waals surface area contributed by atoms with Gasteiger partial charge in [0.15, 0.2) is 11.5 Å². The zero-order valence-corrected chi connectivity index (χ0v) is 9.63. The summed E-state index contributed by atoms with van der Waals surface area (Å²) in [6, 6.07) is 1.83. The molecule has 0 saturated carbocycles. The first-order chi connectivity index (χ1) is 7.20. The van der Waals surface area contributed by atoms with E-state index in [4.69, 9.17) is 0 Å². The van der Waals surface area contributed by atoms with Gasteiger partial charge in [0.1, 0.15) is 0 Å². The Hall–Kier alpha value is -1.43. The van der Waals surface area contributed by atoms with Gasteiger partial charge in [0, 0.05) is 17.2 Å². The highest BCUT2D eigenvalue weighted by Gasteiger charge is 2.10. The highest BCUT2D eigenvalue weighted by atomic mass is 79.9. The van der Waals surface area contributed by atoms with Crippen LogP contribution in [0.15, 0.2) is 16.7 Å². The number of hydrogen-bond acceptors (Lipinski definition) is 3. The maximum Gasteiger partial charge on any atom is 0.287 e. The van der Waals surface area contributed by atoms with Gasteiger partial charge in [0.25, 0.3) is 5.91 Å². The first kappa shape index (κ1) is 10.1. The number of pyridine rings is 1. The second-order valence-corrected chi connectivity index (χ2v) is 3.89. The second-order valence-electron chi connectivity index (χ2n) is 2.97. The van der Waals surface area contributed by atoms with E-state index in [-0.39, 0.29) is 11.7 Å². The molecule has 78 valence electrons. The van der Waals surface area contributed by atoms with Gasteiger partial charge in [-0.2, -0.15) is 0 Å². The number of aromatic nitrogens is 3. The van der Waals surface area contributed by atoms with Crippen LogP contribution < -0.4 is 5.32 Å². The molecule has 2 aromatic heterocycles. The van der Waals surface area contributed by atoms with Crippen molar-refractivity contribution in [2.45, 2.75) is 6.92 Å². The van der Waals surface area contributed by atoms with Gasteiger partial charge in [-0.15, -0.1) is 0 Å². The van der Waals surface area contributed by atoms with Gasteiger partial charge in [-0.1, -0.05) is 0 Å².